The fourth-order valence-electron chi connectivity index (χ4n) is 6.20. The van der Waals surface area contributed by atoms with Crippen LogP contribution in [0.5, 0.6) is 0 Å². The predicted octanol–water partition coefficient (Wildman–Crippen LogP) is 1.27. The van der Waals surface area contributed by atoms with E-state index in [9.17, 15) is 0 Å². The Bertz CT molecular complexity index is 295. The van der Waals surface area contributed by atoms with Gasteiger partial charge in [0.05, 0.1) is 0 Å². The summed E-state index contributed by atoms with van der Waals surface area (Å²) in [5, 5.41) is 36.3. The average molecular weight is 312 g/mol. The maximum Gasteiger partial charge on any atom is 0.0465 e. The summed E-state index contributed by atoms with van der Waals surface area (Å²) in [6, 6.07) is 0. The third kappa shape index (κ3) is 2.83. The van der Waals surface area contributed by atoms with Crippen LogP contribution in [0, 0.1) is 47.3 Å². The topological polar surface area (TPSA) is 80.9 Å². The minimum atomic E-state index is 0.284. The summed E-state index contributed by atoms with van der Waals surface area (Å²) in [5.74, 6) is 4.56. The molecule has 4 fully saturated rings. The molecule has 8 atom stereocenters. The Morgan fingerprint density at radius 1 is 0.455 bits per heavy atom. The third-order valence-electron chi connectivity index (χ3n) is 7.39. The summed E-state index contributed by atoms with van der Waals surface area (Å²) in [7, 11) is 0. The fourth-order valence-corrected chi connectivity index (χ4v) is 6.20. The Labute approximate surface area is 133 Å². The first-order valence-electron chi connectivity index (χ1n) is 9.16. The molecule has 0 radical (unpaired) electrons. The monoisotopic (exact) mass is 312 g/mol. The van der Waals surface area contributed by atoms with Crippen LogP contribution in [0.2, 0.25) is 0 Å². The lowest BCUT2D eigenvalue weighted by Crippen LogP contribution is -2.27. The largest absolute Gasteiger partial charge is 0.396 e. The lowest BCUT2D eigenvalue weighted by atomic mass is 9.80. The van der Waals surface area contributed by atoms with E-state index in [0.717, 1.165) is 23.7 Å². The van der Waals surface area contributed by atoms with Gasteiger partial charge in [0, 0.05) is 26.4 Å². The molecule has 4 N–H and O–H groups in total. The quantitative estimate of drug-likeness (QED) is 0.630. The van der Waals surface area contributed by atoms with Crippen molar-refractivity contribution in [3.8, 4) is 0 Å². The van der Waals surface area contributed by atoms with Crippen molar-refractivity contribution in [2.24, 2.45) is 47.3 Å². The highest BCUT2D eigenvalue weighted by Gasteiger charge is 2.47. The van der Waals surface area contributed by atoms with Crippen LogP contribution in [-0.2, 0) is 0 Å². The lowest BCUT2D eigenvalue weighted by molar-refractivity contribution is 0.0791. The van der Waals surface area contributed by atoms with Gasteiger partial charge in [-0.1, -0.05) is 0 Å². The Morgan fingerprint density at radius 2 is 0.682 bits per heavy atom. The van der Waals surface area contributed by atoms with E-state index in [-0.39, 0.29) is 26.4 Å². The second-order valence-electron chi connectivity index (χ2n) is 8.05. The van der Waals surface area contributed by atoms with E-state index >= 15 is 0 Å². The molecular weight excluding hydrogens is 280 g/mol. The van der Waals surface area contributed by atoms with Gasteiger partial charge in [-0.3, -0.25) is 0 Å². The molecule has 8 unspecified atom stereocenters. The number of rotatable bonds is 4. The van der Waals surface area contributed by atoms with Crippen molar-refractivity contribution >= 4 is 0 Å². The van der Waals surface area contributed by atoms with Gasteiger partial charge < -0.3 is 20.4 Å². The fraction of sp³-hybridized carbons (Fsp3) is 1.00. The van der Waals surface area contributed by atoms with E-state index in [0.29, 0.717) is 23.7 Å². The minimum absolute atomic E-state index is 0.284. The van der Waals surface area contributed by atoms with Crippen molar-refractivity contribution in [2.75, 3.05) is 26.4 Å². The van der Waals surface area contributed by atoms with Crippen molar-refractivity contribution in [1.82, 2.24) is 0 Å². The second-order valence-corrected chi connectivity index (χ2v) is 8.05. The highest BCUT2D eigenvalue weighted by atomic mass is 16.3. The van der Waals surface area contributed by atoms with Crippen LogP contribution in [0.3, 0.4) is 0 Å². The molecule has 4 aliphatic carbocycles. The van der Waals surface area contributed by atoms with Crippen molar-refractivity contribution < 1.29 is 20.4 Å². The van der Waals surface area contributed by atoms with Crippen LogP contribution >= 0.6 is 0 Å². The summed E-state index contributed by atoms with van der Waals surface area (Å²) >= 11 is 0. The Morgan fingerprint density at radius 3 is 0.864 bits per heavy atom. The zero-order chi connectivity index (χ0) is 15.7. The first-order chi connectivity index (χ1) is 10.7. The first-order valence-corrected chi connectivity index (χ1v) is 9.16. The molecule has 0 aromatic heterocycles. The van der Waals surface area contributed by atoms with Crippen LogP contribution in [0.4, 0.5) is 0 Å². The molecule has 128 valence electrons. The smallest absolute Gasteiger partial charge is 0.0465 e. The second kappa shape index (κ2) is 7.16. The molecule has 4 bridgehead atoms. The summed E-state index contributed by atoms with van der Waals surface area (Å²) < 4.78 is 0. The molecule has 4 nitrogen and oxygen atoms in total. The Kier molecular flexibility index (Phi) is 5.43. The minimum Gasteiger partial charge on any atom is -0.396 e. The Hall–Kier alpha value is -0.160. The van der Waals surface area contributed by atoms with Crippen molar-refractivity contribution in [2.45, 2.75) is 38.5 Å². The molecule has 0 aliphatic heterocycles. The van der Waals surface area contributed by atoms with Gasteiger partial charge in [-0.05, 0) is 85.9 Å². The van der Waals surface area contributed by atoms with E-state index in [2.05, 4.69) is 0 Å². The molecule has 4 aliphatic rings. The van der Waals surface area contributed by atoms with Crippen LogP contribution in [0.25, 0.3) is 0 Å². The van der Waals surface area contributed by atoms with Gasteiger partial charge in [-0.25, -0.2) is 0 Å². The van der Waals surface area contributed by atoms with Gasteiger partial charge in [0.1, 0.15) is 0 Å². The predicted molar refractivity (Wildman–Crippen MR) is 84.0 cm³/mol. The highest BCUT2D eigenvalue weighted by molar-refractivity contribution is 4.96. The maximum atomic E-state index is 9.08. The molecule has 4 rings (SSSR count). The van der Waals surface area contributed by atoms with Crippen LogP contribution in [0.1, 0.15) is 38.5 Å². The summed E-state index contributed by atoms with van der Waals surface area (Å²) in [6.07, 6.45) is 7.66. The standard InChI is InChI=1S/2C9H16O2/c2*10-4-8-6-1-2-7(3-6)9(8)5-11/h2*6-11H,1-5H2. The normalized spacial score (nSPS) is 48.5. The molecule has 4 saturated carbocycles. The van der Waals surface area contributed by atoms with E-state index < -0.39 is 0 Å². The van der Waals surface area contributed by atoms with Gasteiger partial charge in [0.25, 0.3) is 0 Å². The first kappa shape index (κ1) is 16.7. The number of hydrogen-bond donors (Lipinski definition) is 4. The molecule has 0 heterocycles. The number of aliphatic hydroxyl groups is 4. The van der Waals surface area contributed by atoms with E-state index in [1.54, 1.807) is 0 Å². The van der Waals surface area contributed by atoms with Crippen molar-refractivity contribution in [3.05, 3.63) is 0 Å². The van der Waals surface area contributed by atoms with Gasteiger partial charge in [0.2, 0.25) is 0 Å². The highest BCUT2D eigenvalue weighted by Crippen LogP contribution is 2.52. The number of hydrogen-bond acceptors (Lipinski definition) is 4. The summed E-state index contributed by atoms with van der Waals surface area (Å²) in [4.78, 5) is 0. The molecule has 0 spiro atoms. The van der Waals surface area contributed by atoms with Gasteiger partial charge in [-0.15, -0.1) is 0 Å². The molecule has 0 aromatic carbocycles. The SMILES string of the molecule is OCC1C2CCC(C2)C1CO.OCC1C2CCC(C2)C1CO. The molecular formula is C18H32O4. The average Bonchev–Trinajstić information content (AvgIpc) is 3.31. The van der Waals surface area contributed by atoms with Crippen molar-refractivity contribution in [3.63, 3.8) is 0 Å². The van der Waals surface area contributed by atoms with Crippen LogP contribution < -0.4 is 0 Å². The molecule has 22 heavy (non-hydrogen) atoms. The van der Waals surface area contributed by atoms with Crippen LogP contribution in [0.15, 0.2) is 0 Å². The van der Waals surface area contributed by atoms with E-state index in [1.807, 2.05) is 0 Å². The molecule has 4 heteroatoms. The zero-order valence-electron chi connectivity index (χ0n) is 13.5. The lowest BCUT2D eigenvalue weighted by Gasteiger charge is -2.27. The summed E-state index contributed by atoms with van der Waals surface area (Å²) in [5.41, 5.74) is 0. The summed E-state index contributed by atoms with van der Waals surface area (Å²) in [6.45, 7) is 1.14. The molecule has 0 amide bonds. The third-order valence-corrected chi connectivity index (χ3v) is 7.39. The van der Waals surface area contributed by atoms with Crippen LogP contribution in [-0.4, -0.2) is 46.9 Å². The number of fused-ring (bicyclic) bond motifs is 4. The number of aliphatic hydroxyl groups excluding tert-OH is 4. The van der Waals surface area contributed by atoms with Gasteiger partial charge in [-0.2, -0.15) is 0 Å². The van der Waals surface area contributed by atoms with Gasteiger partial charge in [0.15, 0.2) is 0 Å². The van der Waals surface area contributed by atoms with E-state index in [4.69, 9.17) is 20.4 Å². The van der Waals surface area contributed by atoms with Crippen molar-refractivity contribution in [1.29, 1.82) is 0 Å². The zero-order valence-corrected chi connectivity index (χ0v) is 13.5. The maximum absolute atomic E-state index is 9.08. The molecule has 0 aromatic rings. The van der Waals surface area contributed by atoms with Gasteiger partial charge >= 0.3 is 0 Å². The van der Waals surface area contributed by atoms with E-state index in [1.165, 1.54) is 38.5 Å². The Balaban J connectivity index is 0.000000131. The molecule has 0 saturated heterocycles.